The number of hydrogen-bond donors (Lipinski definition) is 2. The Morgan fingerprint density at radius 2 is 2.21 bits per heavy atom. The number of ketones is 1. The first-order valence-corrected chi connectivity index (χ1v) is 7.05. The van der Waals surface area contributed by atoms with E-state index in [9.17, 15) is 19.8 Å². The van der Waals surface area contributed by atoms with E-state index in [1.54, 1.807) is 0 Å². The standard InChI is InChI=1S/C14H24O5/c1-2-3-8-19-10-11(15)9-14(13(17)18)7-5-4-6-12(14)16/h11,15H,2-10H2,1H3,(H,17,18). The molecule has 0 bridgehead atoms. The molecule has 0 radical (unpaired) electrons. The van der Waals surface area contributed by atoms with Crippen LogP contribution in [-0.4, -0.2) is 41.3 Å². The fraction of sp³-hybridized carbons (Fsp3) is 0.857. The van der Waals surface area contributed by atoms with Gasteiger partial charge in [0.1, 0.15) is 11.2 Å². The molecule has 0 saturated heterocycles. The van der Waals surface area contributed by atoms with E-state index in [0.29, 0.717) is 19.4 Å². The lowest BCUT2D eigenvalue weighted by atomic mass is 9.69. The summed E-state index contributed by atoms with van der Waals surface area (Å²) >= 11 is 0. The largest absolute Gasteiger partial charge is 0.480 e. The van der Waals surface area contributed by atoms with Crippen LogP contribution in [0.4, 0.5) is 0 Å². The van der Waals surface area contributed by atoms with Crippen molar-refractivity contribution in [1.29, 1.82) is 0 Å². The summed E-state index contributed by atoms with van der Waals surface area (Å²) in [6.45, 7) is 2.70. The Hall–Kier alpha value is -0.940. The van der Waals surface area contributed by atoms with Crippen LogP contribution in [0.3, 0.4) is 0 Å². The predicted molar refractivity (Wildman–Crippen MR) is 69.9 cm³/mol. The normalized spacial score (nSPS) is 25.3. The maximum Gasteiger partial charge on any atom is 0.317 e. The van der Waals surface area contributed by atoms with Gasteiger partial charge in [-0.15, -0.1) is 0 Å². The summed E-state index contributed by atoms with van der Waals surface area (Å²) in [7, 11) is 0. The fourth-order valence-electron chi connectivity index (χ4n) is 2.55. The molecule has 0 aromatic heterocycles. The van der Waals surface area contributed by atoms with Crippen molar-refractivity contribution < 1.29 is 24.5 Å². The number of Topliss-reactive ketones (excluding diaryl/α,β-unsaturated/α-hetero) is 1. The van der Waals surface area contributed by atoms with Gasteiger partial charge in [-0.1, -0.05) is 19.8 Å². The molecule has 1 rings (SSSR count). The van der Waals surface area contributed by atoms with Crippen LogP contribution < -0.4 is 0 Å². The summed E-state index contributed by atoms with van der Waals surface area (Å²) in [4.78, 5) is 23.4. The summed E-state index contributed by atoms with van der Waals surface area (Å²) in [6.07, 6.45) is 3.09. The minimum atomic E-state index is -1.40. The third-order valence-corrected chi connectivity index (χ3v) is 3.74. The molecule has 110 valence electrons. The van der Waals surface area contributed by atoms with E-state index >= 15 is 0 Å². The highest BCUT2D eigenvalue weighted by atomic mass is 16.5. The van der Waals surface area contributed by atoms with Gasteiger partial charge < -0.3 is 14.9 Å². The molecule has 0 aliphatic heterocycles. The number of rotatable bonds is 8. The fourth-order valence-corrected chi connectivity index (χ4v) is 2.55. The molecular weight excluding hydrogens is 248 g/mol. The second kappa shape index (κ2) is 7.60. The lowest BCUT2D eigenvalue weighted by molar-refractivity contribution is -0.160. The molecule has 0 amide bonds. The number of aliphatic hydroxyl groups is 1. The average Bonchev–Trinajstić information content (AvgIpc) is 2.37. The highest BCUT2D eigenvalue weighted by Crippen LogP contribution is 2.37. The number of carbonyl (C=O) groups is 2. The van der Waals surface area contributed by atoms with Crippen molar-refractivity contribution in [3.63, 3.8) is 0 Å². The Kier molecular flexibility index (Phi) is 6.45. The van der Waals surface area contributed by atoms with Gasteiger partial charge in [-0.2, -0.15) is 0 Å². The first kappa shape index (κ1) is 16.1. The maximum atomic E-state index is 11.9. The second-order valence-corrected chi connectivity index (χ2v) is 5.30. The first-order chi connectivity index (χ1) is 9.03. The molecule has 0 heterocycles. The molecule has 1 saturated carbocycles. The van der Waals surface area contributed by atoms with Crippen LogP contribution in [0.2, 0.25) is 0 Å². The molecule has 0 aromatic rings. The van der Waals surface area contributed by atoms with Gasteiger partial charge in [0.2, 0.25) is 0 Å². The van der Waals surface area contributed by atoms with E-state index in [4.69, 9.17) is 4.74 Å². The average molecular weight is 272 g/mol. The van der Waals surface area contributed by atoms with Gasteiger partial charge in [0.15, 0.2) is 0 Å². The Morgan fingerprint density at radius 1 is 1.47 bits per heavy atom. The van der Waals surface area contributed by atoms with Gasteiger partial charge in [-0.25, -0.2) is 0 Å². The Bertz CT molecular complexity index is 315. The Balaban J connectivity index is 2.53. The van der Waals surface area contributed by atoms with Crippen molar-refractivity contribution in [1.82, 2.24) is 0 Å². The molecule has 19 heavy (non-hydrogen) atoms. The molecule has 0 aromatic carbocycles. The number of carboxylic acid groups (broad SMARTS) is 1. The maximum absolute atomic E-state index is 11.9. The number of carbonyl (C=O) groups excluding carboxylic acids is 1. The van der Waals surface area contributed by atoms with Gasteiger partial charge in [0, 0.05) is 13.0 Å². The highest BCUT2D eigenvalue weighted by molar-refractivity contribution is 6.03. The number of carboxylic acids is 1. The molecule has 5 nitrogen and oxygen atoms in total. The zero-order valence-corrected chi connectivity index (χ0v) is 11.6. The number of ether oxygens (including phenoxy) is 1. The zero-order valence-electron chi connectivity index (χ0n) is 11.6. The molecule has 2 unspecified atom stereocenters. The number of aliphatic carboxylic acids is 1. The third kappa shape index (κ3) is 4.28. The van der Waals surface area contributed by atoms with E-state index in [1.165, 1.54) is 0 Å². The van der Waals surface area contributed by atoms with Crippen molar-refractivity contribution in [3.8, 4) is 0 Å². The molecule has 0 spiro atoms. The van der Waals surface area contributed by atoms with Crippen LogP contribution in [-0.2, 0) is 14.3 Å². The van der Waals surface area contributed by atoms with E-state index in [1.807, 2.05) is 6.92 Å². The highest BCUT2D eigenvalue weighted by Gasteiger charge is 2.47. The third-order valence-electron chi connectivity index (χ3n) is 3.74. The monoisotopic (exact) mass is 272 g/mol. The first-order valence-electron chi connectivity index (χ1n) is 7.05. The molecule has 5 heteroatoms. The van der Waals surface area contributed by atoms with E-state index in [0.717, 1.165) is 25.7 Å². The predicted octanol–water partition coefficient (Wildman–Crippen LogP) is 1.77. The van der Waals surface area contributed by atoms with Crippen LogP contribution >= 0.6 is 0 Å². The molecule has 1 aliphatic rings. The summed E-state index contributed by atoms with van der Waals surface area (Å²) in [5.74, 6) is -1.36. The quantitative estimate of drug-likeness (QED) is 0.519. The summed E-state index contributed by atoms with van der Waals surface area (Å²) in [5.41, 5.74) is -1.40. The van der Waals surface area contributed by atoms with Gasteiger partial charge in [0.05, 0.1) is 12.7 Å². The van der Waals surface area contributed by atoms with Gasteiger partial charge >= 0.3 is 5.97 Å². The summed E-state index contributed by atoms with van der Waals surface area (Å²) in [5, 5.41) is 19.2. The van der Waals surface area contributed by atoms with Crippen molar-refractivity contribution in [2.24, 2.45) is 5.41 Å². The molecule has 2 atom stereocenters. The zero-order chi connectivity index (χ0) is 14.3. The van der Waals surface area contributed by atoms with Crippen LogP contribution in [0.1, 0.15) is 51.9 Å². The van der Waals surface area contributed by atoms with Crippen molar-refractivity contribution >= 4 is 11.8 Å². The SMILES string of the molecule is CCCCOCC(O)CC1(C(=O)O)CCCCC1=O. The van der Waals surface area contributed by atoms with E-state index in [-0.39, 0.29) is 18.8 Å². The van der Waals surface area contributed by atoms with Crippen molar-refractivity contribution in [2.45, 2.75) is 58.0 Å². The molecule has 1 fully saturated rings. The smallest absolute Gasteiger partial charge is 0.317 e. The molecule has 2 N–H and O–H groups in total. The van der Waals surface area contributed by atoms with Crippen LogP contribution in [0.15, 0.2) is 0 Å². The topological polar surface area (TPSA) is 83.8 Å². The number of aliphatic hydroxyl groups excluding tert-OH is 1. The lowest BCUT2D eigenvalue weighted by Gasteiger charge is -2.33. The van der Waals surface area contributed by atoms with Crippen LogP contribution in [0.25, 0.3) is 0 Å². The minimum Gasteiger partial charge on any atom is -0.480 e. The second-order valence-electron chi connectivity index (χ2n) is 5.30. The van der Waals surface area contributed by atoms with Gasteiger partial charge in [-0.05, 0) is 25.7 Å². The van der Waals surface area contributed by atoms with Crippen LogP contribution in [0.5, 0.6) is 0 Å². The minimum absolute atomic E-state index is 0.0344. The lowest BCUT2D eigenvalue weighted by Crippen LogP contribution is -2.44. The summed E-state index contributed by atoms with van der Waals surface area (Å²) < 4.78 is 5.28. The molecule has 1 aliphatic carbocycles. The van der Waals surface area contributed by atoms with E-state index in [2.05, 4.69) is 0 Å². The van der Waals surface area contributed by atoms with Crippen molar-refractivity contribution in [3.05, 3.63) is 0 Å². The van der Waals surface area contributed by atoms with Crippen LogP contribution in [0, 0.1) is 5.41 Å². The van der Waals surface area contributed by atoms with Crippen molar-refractivity contribution in [2.75, 3.05) is 13.2 Å². The Labute approximate surface area is 114 Å². The number of hydrogen-bond acceptors (Lipinski definition) is 4. The Morgan fingerprint density at radius 3 is 2.79 bits per heavy atom. The van der Waals surface area contributed by atoms with Gasteiger partial charge in [0.25, 0.3) is 0 Å². The van der Waals surface area contributed by atoms with Gasteiger partial charge in [-0.3, -0.25) is 9.59 Å². The summed E-state index contributed by atoms with van der Waals surface area (Å²) in [6, 6.07) is 0. The molecular formula is C14H24O5. The number of unbranched alkanes of at least 4 members (excludes halogenated alkanes) is 1. The van der Waals surface area contributed by atoms with E-state index < -0.39 is 17.5 Å².